The van der Waals surface area contributed by atoms with Gasteiger partial charge in [-0.15, -0.1) is 11.8 Å². The number of carbonyl (C=O) groups excluding carboxylic acids is 2. The van der Waals surface area contributed by atoms with Crippen molar-refractivity contribution in [1.82, 2.24) is 0 Å². The SMILES string of the molecule is CCOC(=O)C[C@@H]1Oc2ccccc2[C@H](Sc2ccccc2C(=O)OC)[C@@]1(C)[N+](=O)[O-]. The Labute approximate surface area is 184 Å². The van der Waals surface area contributed by atoms with Crippen molar-refractivity contribution in [1.29, 1.82) is 0 Å². The summed E-state index contributed by atoms with van der Waals surface area (Å²) in [6, 6.07) is 13.8. The van der Waals surface area contributed by atoms with E-state index in [0.29, 0.717) is 21.8 Å². The molecule has 0 aromatic heterocycles. The van der Waals surface area contributed by atoms with Gasteiger partial charge in [-0.05, 0) is 25.1 Å². The second-order valence-corrected chi connectivity index (χ2v) is 8.27. The summed E-state index contributed by atoms with van der Waals surface area (Å²) in [6.45, 7) is 3.30. The number of thioether (sulfide) groups is 1. The zero-order valence-electron chi connectivity index (χ0n) is 17.4. The first-order chi connectivity index (χ1) is 14.8. The molecule has 9 heteroatoms. The van der Waals surface area contributed by atoms with Crippen LogP contribution in [-0.2, 0) is 14.3 Å². The van der Waals surface area contributed by atoms with E-state index in [2.05, 4.69) is 0 Å². The maximum atomic E-state index is 12.4. The molecule has 0 amide bonds. The maximum absolute atomic E-state index is 12.4. The van der Waals surface area contributed by atoms with E-state index in [9.17, 15) is 19.7 Å². The van der Waals surface area contributed by atoms with Crippen molar-refractivity contribution in [2.75, 3.05) is 13.7 Å². The molecule has 2 aromatic carbocycles. The summed E-state index contributed by atoms with van der Waals surface area (Å²) >= 11 is 1.18. The molecule has 8 nitrogen and oxygen atoms in total. The molecule has 0 aliphatic carbocycles. The van der Waals surface area contributed by atoms with E-state index >= 15 is 0 Å². The van der Waals surface area contributed by atoms with E-state index in [0.717, 1.165) is 0 Å². The number of hydrogen-bond acceptors (Lipinski definition) is 8. The van der Waals surface area contributed by atoms with Gasteiger partial charge in [-0.1, -0.05) is 30.3 Å². The molecule has 1 aliphatic rings. The van der Waals surface area contributed by atoms with E-state index in [1.54, 1.807) is 55.5 Å². The second-order valence-electron chi connectivity index (χ2n) is 7.12. The average molecular weight is 445 g/mol. The summed E-state index contributed by atoms with van der Waals surface area (Å²) in [7, 11) is 1.28. The summed E-state index contributed by atoms with van der Waals surface area (Å²) in [5.74, 6) is -0.642. The maximum Gasteiger partial charge on any atom is 0.338 e. The number of hydrogen-bond donors (Lipinski definition) is 0. The Balaban J connectivity index is 2.10. The topological polar surface area (TPSA) is 105 Å². The predicted octanol–water partition coefficient (Wildman–Crippen LogP) is 4.06. The Morgan fingerprint density at radius 3 is 2.55 bits per heavy atom. The van der Waals surface area contributed by atoms with Gasteiger partial charge in [0, 0.05) is 22.3 Å². The highest BCUT2D eigenvalue weighted by Gasteiger charge is 2.59. The first kappa shape index (κ1) is 22.6. The van der Waals surface area contributed by atoms with Gasteiger partial charge in [-0.3, -0.25) is 14.9 Å². The number of nitrogens with zero attached hydrogens (tertiary/aromatic N) is 1. The molecule has 0 bridgehead atoms. The van der Waals surface area contributed by atoms with Crippen molar-refractivity contribution in [3.8, 4) is 5.75 Å². The van der Waals surface area contributed by atoms with Crippen LogP contribution in [0.25, 0.3) is 0 Å². The minimum absolute atomic E-state index is 0.169. The third-order valence-corrected chi connectivity index (χ3v) is 6.82. The van der Waals surface area contributed by atoms with Crippen LogP contribution in [0.1, 0.15) is 41.4 Å². The van der Waals surface area contributed by atoms with Crippen LogP contribution in [0.15, 0.2) is 53.4 Å². The molecule has 2 aromatic rings. The number of ether oxygens (including phenoxy) is 3. The summed E-state index contributed by atoms with van der Waals surface area (Å²) in [6.07, 6.45) is -1.32. The highest BCUT2D eigenvalue weighted by Crippen LogP contribution is 2.53. The molecule has 3 rings (SSSR count). The van der Waals surface area contributed by atoms with Crippen LogP contribution >= 0.6 is 11.8 Å². The molecule has 0 unspecified atom stereocenters. The van der Waals surface area contributed by atoms with Crippen LogP contribution in [-0.4, -0.2) is 42.2 Å². The van der Waals surface area contributed by atoms with Crippen LogP contribution < -0.4 is 4.74 Å². The smallest absolute Gasteiger partial charge is 0.338 e. The average Bonchev–Trinajstić information content (AvgIpc) is 2.76. The zero-order valence-corrected chi connectivity index (χ0v) is 18.2. The lowest BCUT2D eigenvalue weighted by molar-refractivity contribution is -0.578. The molecule has 0 spiro atoms. The van der Waals surface area contributed by atoms with Gasteiger partial charge in [0.15, 0.2) is 6.10 Å². The molecule has 31 heavy (non-hydrogen) atoms. The van der Waals surface area contributed by atoms with Crippen LogP contribution in [0.2, 0.25) is 0 Å². The molecule has 1 aliphatic heterocycles. The van der Waals surface area contributed by atoms with Gasteiger partial charge in [0.1, 0.15) is 11.0 Å². The number of rotatable bonds is 7. The first-order valence-corrected chi connectivity index (χ1v) is 10.6. The third-order valence-electron chi connectivity index (χ3n) is 5.24. The fourth-order valence-corrected chi connectivity index (χ4v) is 5.04. The fourth-order valence-electron chi connectivity index (χ4n) is 3.55. The number of methoxy groups -OCH3 is 1. The van der Waals surface area contributed by atoms with E-state index in [-0.39, 0.29) is 13.0 Å². The molecule has 0 saturated heterocycles. The van der Waals surface area contributed by atoms with Crippen LogP contribution in [0.3, 0.4) is 0 Å². The fraction of sp³-hybridized carbons (Fsp3) is 0.364. The van der Waals surface area contributed by atoms with Gasteiger partial charge >= 0.3 is 11.9 Å². The summed E-state index contributed by atoms with van der Waals surface area (Å²) < 4.78 is 15.8. The van der Waals surface area contributed by atoms with Gasteiger partial charge in [0.2, 0.25) is 0 Å². The number of esters is 2. The molecule has 164 valence electrons. The van der Waals surface area contributed by atoms with Crippen molar-refractivity contribution < 1.29 is 28.7 Å². The number of nitro groups is 1. The Bertz CT molecular complexity index is 995. The Morgan fingerprint density at radius 1 is 1.19 bits per heavy atom. The molecule has 0 N–H and O–H groups in total. The van der Waals surface area contributed by atoms with Crippen molar-refractivity contribution in [3.63, 3.8) is 0 Å². The lowest BCUT2D eigenvalue weighted by Crippen LogP contribution is -2.56. The van der Waals surface area contributed by atoms with Gasteiger partial charge in [-0.25, -0.2) is 4.79 Å². The second kappa shape index (κ2) is 9.38. The Morgan fingerprint density at radius 2 is 1.87 bits per heavy atom. The molecule has 0 radical (unpaired) electrons. The van der Waals surface area contributed by atoms with Crippen LogP contribution in [0.5, 0.6) is 5.75 Å². The molecule has 1 heterocycles. The number of fused-ring (bicyclic) bond motifs is 1. The molecule has 3 atom stereocenters. The predicted molar refractivity (Wildman–Crippen MR) is 114 cm³/mol. The van der Waals surface area contributed by atoms with E-state index in [4.69, 9.17) is 14.2 Å². The number of benzene rings is 2. The minimum atomic E-state index is -1.67. The monoisotopic (exact) mass is 445 g/mol. The highest BCUT2D eigenvalue weighted by atomic mass is 32.2. The van der Waals surface area contributed by atoms with E-state index in [1.807, 2.05) is 0 Å². The van der Waals surface area contributed by atoms with Crippen molar-refractivity contribution in [2.24, 2.45) is 0 Å². The van der Waals surface area contributed by atoms with Crippen molar-refractivity contribution >= 4 is 23.7 Å². The minimum Gasteiger partial charge on any atom is -0.482 e. The number of carbonyl (C=O) groups is 2. The standard InChI is InChI=1S/C22H23NO7S/c1-4-29-19(24)13-18-22(2,23(26)27)20(14-9-5-7-11-16(14)30-18)31-17-12-8-6-10-15(17)21(25)28-3/h5-12,18,20H,4,13H2,1-3H3/t18-,20-,22-/m0/s1. The zero-order chi connectivity index (χ0) is 22.6. The van der Waals surface area contributed by atoms with Crippen LogP contribution in [0, 0.1) is 10.1 Å². The summed E-state index contributed by atoms with van der Waals surface area (Å²) in [5, 5.41) is 11.6. The van der Waals surface area contributed by atoms with Gasteiger partial charge < -0.3 is 14.2 Å². The molecular weight excluding hydrogens is 422 g/mol. The van der Waals surface area contributed by atoms with Crippen molar-refractivity contribution in [3.05, 3.63) is 69.8 Å². The van der Waals surface area contributed by atoms with Crippen molar-refractivity contribution in [2.45, 2.75) is 42.1 Å². The molecule has 0 fully saturated rings. The summed E-state index contributed by atoms with van der Waals surface area (Å²) in [4.78, 5) is 36.9. The lowest BCUT2D eigenvalue weighted by atomic mass is 9.83. The third kappa shape index (κ3) is 4.36. The Hall–Kier alpha value is -3.07. The van der Waals surface area contributed by atoms with Gasteiger partial charge in [-0.2, -0.15) is 0 Å². The highest BCUT2D eigenvalue weighted by molar-refractivity contribution is 7.99. The molecule has 0 saturated carbocycles. The van der Waals surface area contributed by atoms with E-state index in [1.165, 1.54) is 25.8 Å². The number of para-hydroxylation sites is 1. The van der Waals surface area contributed by atoms with E-state index < -0.39 is 33.8 Å². The first-order valence-electron chi connectivity index (χ1n) is 9.72. The molecular formula is C22H23NO7S. The van der Waals surface area contributed by atoms with Crippen LogP contribution in [0.4, 0.5) is 0 Å². The van der Waals surface area contributed by atoms with Gasteiger partial charge in [0.25, 0.3) is 5.54 Å². The summed E-state index contributed by atoms with van der Waals surface area (Å²) in [5.41, 5.74) is -0.743. The van der Waals surface area contributed by atoms with Gasteiger partial charge in [0.05, 0.1) is 25.7 Å². The normalized spacial score (nSPS) is 22.0. The lowest BCUT2D eigenvalue weighted by Gasteiger charge is -2.40. The largest absolute Gasteiger partial charge is 0.482 e. The quantitative estimate of drug-likeness (QED) is 0.357. The Kier molecular flexibility index (Phi) is 6.84.